The molecule has 0 amide bonds. The Labute approximate surface area is 162 Å². The van der Waals surface area contributed by atoms with Crippen molar-refractivity contribution in [3.8, 4) is 22.8 Å². The summed E-state index contributed by atoms with van der Waals surface area (Å²) in [4.78, 5) is 5.91. The summed E-state index contributed by atoms with van der Waals surface area (Å²) in [5, 5.41) is 3.65. The SMILES string of the molecule is COc1ccc(-c2nc3sc4cc(OC)ccc4n3c2NC(C)(C)C)cc1. The standard InChI is InChI=1S/C21H23N3O2S/c1-21(2,3)23-19-18(13-6-8-14(25-4)9-7-13)22-20-24(19)16-11-10-15(26-5)12-17(16)27-20/h6-12,23H,1-5H3. The third kappa shape index (κ3) is 3.21. The quantitative estimate of drug-likeness (QED) is 0.511. The lowest BCUT2D eigenvalue weighted by Gasteiger charge is -2.22. The minimum atomic E-state index is -0.0993. The summed E-state index contributed by atoms with van der Waals surface area (Å²) >= 11 is 1.66. The Bertz CT molecular complexity index is 1100. The summed E-state index contributed by atoms with van der Waals surface area (Å²) in [6.45, 7) is 6.46. The van der Waals surface area contributed by atoms with Crippen LogP contribution in [0.5, 0.6) is 11.5 Å². The van der Waals surface area contributed by atoms with Gasteiger partial charge in [-0.1, -0.05) is 11.3 Å². The van der Waals surface area contributed by atoms with Gasteiger partial charge in [-0.05, 0) is 63.2 Å². The van der Waals surface area contributed by atoms with E-state index in [0.717, 1.165) is 43.8 Å². The van der Waals surface area contributed by atoms with Crippen LogP contribution < -0.4 is 14.8 Å². The number of imidazole rings is 1. The van der Waals surface area contributed by atoms with Gasteiger partial charge in [0.25, 0.3) is 0 Å². The number of rotatable bonds is 4. The van der Waals surface area contributed by atoms with Gasteiger partial charge in [-0.15, -0.1) is 0 Å². The molecular formula is C21H23N3O2S. The van der Waals surface area contributed by atoms with Crippen molar-refractivity contribution in [2.45, 2.75) is 26.3 Å². The maximum absolute atomic E-state index is 5.37. The molecule has 1 N–H and O–H groups in total. The maximum atomic E-state index is 5.37. The maximum Gasteiger partial charge on any atom is 0.197 e. The molecule has 0 aliphatic rings. The number of fused-ring (bicyclic) bond motifs is 3. The van der Waals surface area contributed by atoms with Crippen molar-refractivity contribution in [1.82, 2.24) is 9.38 Å². The topological polar surface area (TPSA) is 47.8 Å². The van der Waals surface area contributed by atoms with E-state index in [9.17, 15) is 0 Å². The highest BCUT2D eigenvalue weighted by Crippen LogP contribution is 2.38. The van der Waals surface area contributed by atoms with Gasteiger partial charge in [0.2, 0.25) is 0 Å². The lowest BCUT2D eigenvalue weighted by atomic mass is 10.1. The molecule has 0 fully saturated rings. The fourth-order valence-corrected chi connectivity index (χ4v) is 4.15. The monoisotopic (exact) mass is 381 g/mol. The van der Waals surface area contributed by atoms with E-state index in [0.29, 0.717) is 0 Å². The number of nitrogens with one attached hydrogen (secondary N) is 1. The van der Waals surface area contributed by atoms with Gasteiger partial charge >= 0.3 is 0 Å². The van der Waals surface area contributed by atoms with Crippen LogP contribution >= 0.6 is 11.3 Å². The van der Waals surface area contributed by atoms with Gasteiger partial charge in [0.1, 0.15) is 23.0 Å². The molecular weight excluding hydrogens is 358 g/mol. The molecule has 4 aromatic rings. The number of aromatic nitrogens is 2. The van der Waals surface area contributed by atoms with E-state index in [1.54, 1.807) is 25.6 Å². The molecule has 0 radical (unpaired) electrons. The second-order valence-electron chi connectivity index (χ2n) is 7.47. The molecule has 6 heteroatoms. The van der Waals surface area contributed by atoms with E-state index in [2.05, 4.69) is 42.6 Å². The van der Waals surface area contributed by atoms with Crippen LogP contribution in [0.15, 0.2) is 42.5 Å². The summed E-state index contributed by atoms with van der Waals surface area (Å²) < 4.78 is 14.0. The molecule has 0 unspecified atom stereocenters. The predicted octanol–water partition coefficient (Wildman–Crippen LogP) is 5.44. The summed E-state index contributed by atoms with van der Waals surface area (Å²) in [5.41, 5.74) is 3.02. The predicted molar refractivity (Wildman–Crippen MR) is 112 cm³/mol. The fourth-order valence-electron chi connectivity index (χ4n) is 3.10. The van der Waals surface area contributed by atoms with Crippen LogP contribution in [0.25, 0.3) is 26.4 Å². The van der Waals surface area contributed by atoms with Crippen molar-refractivity contribution in [2.75, 3.05) is 19.5 Å². The molecule has 0 aliphatic carbocycles. The van der Waals surface area contributed by atoms with Gasteiger partial charge in [-0.25, -0.2) is 4.98 Å². The first-order valence-corrected chi connectivity index (χ1v) is 9.63. The van der Waals surface area contributed by atoms with E-state index in [1.807, 2.05) is 30.3 Å². The molecule has 0 atom stereocenters. The largest absolute Gasteiger partial charge is 0.497 e. The van der Waals surface area contributed by atoms with Crippen molar-refractivity contribution in [1.29, 1.82) is 0 Å². The highest BCUT2D eigenvalue weighted by atomic mass is 32.1. The Morgan fingerprint density at radius 1 is 0.963 bits per heavy atom. The third-order valence-electron chi connectivity index (χ3n) is 4.31. The minimum absolute atomic E-state index is 0.0993. The molecule has 140 valence electrons. The Morgan fingerprint density at radius 3 is 2.26 bits per heavy atom. The number of nitrogens with zero attached hydrogens (tertiary/aromatic N) is 2. The third-order valence-corrected chi connectivity index (χ3v) is 5.32. The average Bonchev–Trinajstić information content (AvgIpc) is 3.16. The van der Waals surface area contributed by atoms with Crippen molar-refractivity contribution in [2.24, 2.45) is 0 Å². The molecule has 0 bridgehead atoms. The van der Waals surface area contributed by atoms with Crippen LogP contribution in [0.3, 0.4) is 0 Å². The van der Waals surface area contributed by atoms with Crippen LogP contribution in [0, 0.1) is 0 Å². The van der Waals surface area contributed by atoms with Crippen LogP contribution in [-0.2, 0) is 0 Å². The smallest absolute Gasteiger partial charge is 0.197 e. The molecule has 4 rings (SSSR count). The second-order valence-corrected chi connectivity index (χ2v) is 8.48. The van der Waals surface area contributed by atoms with Gasteiger partial charge in [0.05, 0.1) is 24.4 Å². The molecule has 2 aromatic heterocycles. The molecule has 0 saturated carbocycles. The lowest BCUT2D eigenvalue weighted by molar-refractivity contribution is 0.415. The number of anilines is 1. The lowest BCUT2D eigenvalue weighted by Crippen LogP contribution is -2.27. The van der Waals surface area contributed by atoms with Crippen LogP contribution in [0.4, 0.5) is 5.82 Å². The molecule has 2 heterocycles. The number of methoxy groups -OCH3 is 2. The minimum Gasteiger partial charge on any atom is -0.497 e. The Hall–Kier alpha value is -2.73. The van der Waals surface area contributed by atoms with E-state index in [4.69, 9.17) is 14.5 Å². The van der Waals surface area contributed by atoms with Gasteiger partial charge in [0, 0.05) is 11.1 Å². The van der Waals surface area contributed by atoms with Crippen LogP contribution in [0.2, 0.25) is 0 Å². The van der Waals surface area contributed by atoms with Crippen LogP contribution in [0.1, 0.15) is 20.8 Å². The van der Waals surface area contributed by atoms with Gasteiger partial charge in [-0.2, -0.15) is 0 Å². The fraction of sp³-hybridized carbons (Fsp3) is 0.286. The Balaban J connectivity index is 1.96. The molecule has 0 aliphatic heterocycles. The highest BCUT2D eigenvalue weighted by molar-refractivity contribution is 7.23. The summed E-state index contributed by atoms with van der Waals surface area (Å²) in [7, 11) is 3.36. The summed E-state index contributed by atoms with van der Waals surface area (Å²) in [6.07, 6.45) is 0. The van der Waals surface area contributed by atoms with E-state index in [-0.39, 0.29) is 5.54 Å². The van der Waals surface area contributed by atoms with Crippen molar-refractivity contribution < 1.29 is 9.47 Å². The first-order chi connectivity index (χ1) is 12.9. The van der Waals surface area contributed by atoms with Crippen molar-refractivity contribution >= 4 is 32.3 Å². The van der Waals surface area contributed by atoms with Crippen molar-refractivity contribution in [3.63, 3.8) is 0 Å². The van der Waals surface area contributed by atoms with Crippen LogP contribution in [-0.4, -0.2) is 29.1 Å². The van der Waals surface area contributed by atoms with Gasteiger partial charge in [-0.3, -0.25) is 4.40 Å². The summed E-state index contributed by atoms with van der Waals surface area (Å²) in [6, 6.07) is 14.2. The zero-order chi connectivity index (χ0) is 19.2. The first kappa shape index (κ1) is 17.7. The van der Waals surface area contributed by atoms with Gasteiger partial charge in [0.15, 0.2) is 4.96 Å². The molecule has 0 spiro atoms. The molecule has 27 heavy (non-hydrogen) atoms. The number of hydrogen-bond donors (Lipinski definition) is 1. The molecule has 2 aromatic carbocycles. The number of hydrogen-bond acceptors (Lipinski definition) is 5. The van der Waals surface area contributed by atoms with E-state index < -0.39 is 0 Å². The van der Waals surface area contributed by atoms with Crippen molar-refractivity contribution in [3.05, 3.63) is 42.5 Å². The van der Waals surface area contributed by atoms with Gasteiger partial charge < -0.3 is 14.8 Å². The average molecular weight is 382 g/mol. The van der Waals surface area contributed by atoms with E-state index >= 15 is 0 Å². The second kappa shape index (κ2) is 6.46. The highest BCUT2D eigenvalue weighted by Gasteiger charge is 2.22. The Morgan fingerprint density at radius 2 is 1.63 bits per heavy atom. The number of thiazole rings is 1. The zero-order valence-corrected chi connectivity index (χ0v) is 17.0. The normalized spacial score (nSPS) is 11.9. The zero-order valence-electron chi connectivity index (χ0n) is 16.2. The molecule has 5 nitrogen and oxygen atoms in total. The van der Waals surface area contributed by atoms with E-state index in [1.165, 1.54) is 0 Å². The number of ether oxygens (including phenoxy) is 2. The first-order valence-electron chi connectivity index (χ1n) is 8.81. The summed E-state index contributed by atoms with van der Waals surface area (Å²) in [5.74, 6) is 2.69. The number of benzene rings is 2. The Kier molecular flexibility index (Phi) is 4.23. The molecule has 0 saturated heterocycles.